The zero-order valence-corrected chi connectivity index (χ0v) is 11.5. The maximum atomic E-state index is 9.30. The van der Waals surface area contributed by atoms with Crippen molar-refractivity contribution in [3.05, 3.63) is 54.4 Å². The van der Waals surface area contributed by atoms with Crippen LogP contribution in [-0.2, 0) is 0 Å². The van der Waals surface area contributed by atoms with Gasteiger partial charge in [0.15, 0.2) is 11.5 Å². The van der Waals surface area contributed by atoms with Crippen molar-refractivity contribution in [2.75, 3.05) is 6.61 Å². The number of phenols is 1. The van der Waals surface area contributed by atoms with E-state index in [0.29, 0.717) is 29.9 Å². The third-order valence-corrected chi connectivity index (χ3v) is 3.34. The zero-order valence-electron chi connectivity index (χ0n) is 11.5. The smallest absolute Gasteiger partial charge is 0.260 e. The van der Waals surface area contributed by atoms with Crippen molar-refractivity contribution >= 4 is 0 Å². The molecule has 0 saturated carbocycles. The number of aromatic hydroxyl groups is 1. The number of phenolic OH excluding ortho intramolecular Hbond substituents is 1. The van der Waals surface area contributed by atoms with Crippen molar-refractivity contribution in [3.8, 4) is 28.7 Å². The highest BCUT2D eigenvalue weighted by atomic mass is 16.6. The fourth-order valence-corrected chi connectivity index (χ4v) is 2.23. The van der Waals surface area contributed by atoms with Crippen LogP contribution in [0.15, 0.2) is 52.9 Å². The maximum absolute atomic E-state index is 9.30. The average Bonchev–Trinajstić information content (AvgIpc) is 3.05. The number of nitrogens with zero attached hydrogens (tertiary/aromatic N) is 2. The van der Waals surface area contributed by atoms with Crippen LogP contribution < -0.4 is 9.47 Å². The molecule has 0 aliphatic carbocycles. The van der Waals surface area contributed by atoms with Crippen molar-refractivity contribution in [3.63, 3.8) is 0 Å². The van der Waals surface area contributed by atoms with E-state index in [0.717, 1.165) is 5.56 Å². The second-order valence-electron chi connectivity index (χ2n) is 4.86. The van der Waals surface area contributed by atoms with Gasteiger partial charge in [-0.1, -0.05) is 12.1 Å². The van der Waals surface area contributed by atoms with E-state index in [1.54, 1.807) is 24.3 Å². The Balaban J connectivity index is 1.59. The summed E-state index contributed by atoms with van der Waals surface area (Å²) in [5.41, 5.74) is 0.730. The molecule has 1 aliphatic heterocycles. The van der Waals surface area contributed by atoms with Gasteiger partial charge in [0.2, 0.25) is 12.0 Å². The van der Waals surface area contributed by atoms with Crippen molar-refractivity contribution in [1.29, 1.82) is 0 Å². The summed E-state index contributed by atoms with van der Waals surface area (Å²) < 4.78 is 17.1. The Morgan fingerprint density at radius 2 is 1.73 bits per heavy atom. The van der Waals surface area contributed by atoms with Crippen LogP contribution in [0.3, 0.4) is 0 Å². The first-order valence-corrected chi connectivity index (χ1v) is 6.81. The molecule has 22 heavy (non-hydrogen) atoms. The second-order valence-corrected chi connectivity index (χ2v) is 4.86. The summed E-state index contributed by atoms with van der Waals surface area (Å²) in [6.45, 7) is 0.314. The van der Waals surface area contributed by atoms with Gasteiger partial charge in [0.1, 0.15) is 12.4 Å². The third-order valence-electron chi connectivity index (χ3n) is 3.34. The van der Waals surface area contributed by atoms with Gasteiger partial charge in [0.05, 0.1) is 0 Å². The first-order chi connectivity index (χ1) is 10.8. The second kappa shape index (κ2) is 5.07. The van der Waals surface area contributed by atoms with E-state index in [9.17, 15) is 5.11 Å². The molecule has 1 aliphatic rings. The number of para-hydroxylation sites is 2. The fraction of sp³-hybridized carbons (Fsp3) is 0.125. The Hall–Kier alpha value is -3.02. The molecule has 110 valence electrons. The topological polar surface area (TPSA) is 77.6 Å². The van der Waals surface area contributed by atoms with Gasteiger partial charge in [-0.3, -0.25) is 0 Å². The quantitative estimate of drug-likeness (QED) is 0.783. The van der Waals surface area contributed by atoms with Crippen LogP contribution in [0.1, 0.15) is 12.0 Å². The van der Waals surface area contributed by atoms with Crippen molar-refractivity contribution in [1.82, 2.24) is 10.2 Å². The van der Waals surface area contributed by atoms with E-state index < -0.39 is 6.10 Å². The number of aromatic nitrogens is 2. The minimum atomic E-state index is -0.437. The van der Waals surface area contributed by atoms with Gasteiger partial charge in [-0.25, -0.2) is 0 Å². The van der Waals surface area contributed by atoms with Crippen molar-refractivity contribution < 1.29 is 19.0 Å². The highest BCUT2D eigenvalue weighted by molar-refractivity contribution is 5.53. The van der Waals surface area contributed by atoms with E-state index >= 15 is 0 Å². The Bertz CT molecular complexity index is 798. The van der Waals surface area contributed by atoms with Gasteiger partial charge in [-0.2, -0.15) is 0 Å². The zero-order chi connectivity index (χ0) is 14.9. The van der Waals surface area contributed by atoms with E-state index in [1.165, 1.54) is 0 Å². The van der Waals surface area contributed by atoms with E-state index in [1.807, 2.05) is 24.3 Å². The Labute approximate surface area is 125 Å². The highest BCUT2D eigenvalue weighted by Gasteiger charge is 2.27. The lowest BCUT2D eigenvalue weighted by Crippen LogP contribution is -2.21. The monoisotopic (exact) mass is 296 g/mol. The molecule has 1 atom stereocenters. The number of hydrogen-bond acceptors (Lipinski definition) is 6. The molecule has 1 aromatic heterocycles. The normalized spacial score (nSPS) is 16.5. The number of rotatable bonds is 2. The summed E-state index contributed by atoms with van der Waals surface area (Å²) in [4.78, 5) is 0. The van der Waals surface area contributed by atoms with Gasteiger partial charge < -0.3 is 19.0 Å². The molecule has 2 heterocycles. The Kier molecular flexibility index (Phi) is 2.93. The lowest BCUT2D eigenvalue weighted by atomic mass is 10.2. The molecule has 0 spiro atoms. The van der Waals surface area contributed by atoms with Crippen LogP contribution in [0.25, 0.3) is 11.5 Å². The van der Waals surface area contributed by atoms with Gasteiger partial charge in [-0.15, -0.1) is 10.2 Å². The standard InChI is InChI=1S/C16H12N2O4/c19-11-7-5-10(6-8-11)15-17-18-16(22-15)14-9-20-12-3-1-2-4-13(12)21-14/h1-8,14,19H,9H2. The molecule has 1 unspecified atom stereocenters. The Morgan fingerprint density at radius 3 is 2.55 bits per heavy atom. The predicted octanol–water partition coefficient (Wildman–Crippen LogP) is 2.95. The highest BCUT2D eigenvalue weighted by Crippen LogP contribution is 2.36. The molecule has 0 saturated heterocycles. The van der Waals surface area contributed by atoms with Gasteiger partial charge in [0, 0.05) is 5.56 Å². The lowest BCUT2D eigenvalue weighted by Gasteiger charge is -2.23. The van der Waals surface area contributed by atoms with Crippen molar-refractivity contribution in [2.45, 2.75) is 6.10 Å². The molecule has 4 rings (SSSR count). The summed E-state index contributed by atoms with van der Waals surface area (Å²) in [6.07, 6.45) is -0.437. The van der Waals surface area contributed by atoms with Crippen LogP contribution in [-0.4, -0.2) is 21.9 Å². The molecule has 2 aromatic carbocycles. The predicted molar refractivity (Wildman–Crippen MR) is 76.7 cm³/mol. The number of fused-ring (bicyclic) bond motifs is 1. The summed E-state index contributed by atoms with van der Waals surface area (Å²) in [7, 11) is 0. The van der Waals surface area contributed by atoms with Crippen LogP contribution in [0.4, 0.5) is 0 Å². The molecule has 0 amide bonds. The number of hydrogen-bond donors (Lipinski definition) is 1. The average molecular weight is 296 g/mol. The summed E-state index contributed by atoms with van der Waals surface area (Å²) in [5, 5.41) is 17.3. The molecule has 1 N–H and O–H groups in total. The molecule has 6 heteroatoms. The van der Waals surface area contributed by atoms with E-state index in [-0.39, 0.29) is 5.75 Å². The van der Waals surface area contributed by atoms with Gasteiger partial charge in [-0.05, 0) is 36.4 Å². The lowest BCUT2D eigenvalue weighted by molar-refractivity contribution is 0.0716. The molecule has 0 fully saturated rings. The number of benzene rings is 2. The van der Waals surface area contributed by atoms with E-state index in [4.69, 9.17) is 13.9 Å². The minimum Gasteiger partial charge on any atom is -0.508 e. The third kappa shape index (κ3) is 2.24. The Morgan fingerprint density at radius 1 is 0.955 bits per heavy atom. The molecule has 3 aromatic rings. The molecule has 6 nitrogen and oxygen atoms in total. The first-order valence-electron chi connectivity index (χ1n) is 6.81. The van der Waals surface area contributed by atoms with Crippen molar-refractivity contribution in [2.24, 2.45) is 0 Å². The summed E-state index contributed by atoms with van der Waals surface area (Å²) >= 11 is 0. The molecular formula is C16H12N2O4. The van der Waals surface area contributed by atoms with Gasteiger partial charge >= 0.3 is 0 Å². The summed E-state index contributed by atoms with van der Waals surface area (Å²) in [5.74, 6) is 2.28. The fourth-order valence-electron chi connectivity index (χ4n) is 2.23. The summed E-state index contributed by atoms with van der Waals surface area (Å²) in [6, 6.07) is 14.0. The molecule has 0 bridgehead atoms. The first kappa shape index (κ1) is 12.7. The number of ether oxygens (including phenoxy) is 2. The van der Waals surface area contributed by atoms with Crippen LogP contribution in [0.2, 0.25) is 0 Å². The van der Waals surface area contributed by atoms with Crippen LogP contribution >= 0.6 is 0 Å². The minimum absolute atomic E-state index is 0.184. The molecule has 0 radical (unpaired) electrons. The molecular weight excluding hydrogens is 284 g/mol. The van der Waals surface area contributed by atoms with Crippen LogP contribution in [0.5, 0.6) is 17.2 Å². The SMILES string of the molecule is Oc1ccc(-c2nnc(C3COc4ccccc4O3)o2)cc1. The van der Waals surface area contributed by atoms with E-state index in [2.05, 4.69) is 10.2 Å². The van der Waals surface area contributed by atoms with Gasteiger partial charge in [0.25, 0.3) is 5.89 Å². The maximum Gasteiger partial charge on any atom is 0.260 e. The largest absolute Gasteiger partial charge is 0.508 e. The van der Waals surface area contributed by atoms with Crippen LogP contribution in [0, 0.1) is 0 Å².